The van der Waals surface area contributed by atoms with Crippen molar-refractivity contribution in [2.45, 2.75) is 12.8 Å². The Morgan fingerprint density at radius 2 is 1.74 bits per heavy atom. The minimum absolute atomic E-state index is 0.0768. The van der Waals surface area contributed by atoms with Crippen LogP contribution in [0.1, 0.15) is 27.9 Å². The van der Waals surface area contributed by atoms with Crippen LogP contribution in [0.2, 0.25) is 0 Å². The van der Waals surface area contributed by atoms with Crippen molar-refractivity contribution in [1.29, 1.82) is 0 Å². The van der Waals surface area contributed by atoms with Crippen LogP contribution in [-0.4, -0.2) is 17.2 Å². The van der Waals surface area contributed by atoms with E-state index in [1.165, 1.54) is 0 Å². The topological polar surface area (TPSA) is 54.4 Å². The van der Waals surface area contributed by atoms with Gasteiger partial charge in [0, 0.05) is 17.5 Å². The maximum atomic E-state index is 12.0. The quantitative estimate of drug-likeness (QED) is 0.833. The van der Waals surface area contributed by atoms with E-state index in [1.54, 1.807) is 54.8 Å². The second-order valence-electron chi connectivity index (χ2n) is 4.24. The number of carbonyl (C=O) groups is 1. The largest absolute Gasteiger partial charge is 0.508 e. The molecule has 3 nitrogen and oxygen atoms in total. The summed E-state index contributed by atoms with van der Waals surface area (Å²) in [4.78, 5) is 22.8. The monoisotopic (exact) mass is 253 g/mol. The normalized spacial score (nSPS) is 10.1. The highest BCUT2D eigenvalue weighted by molar-refractivity contribution is 6.02. The minimum atomic E-state index is -0.0768. The zero-order chi connectivity index (χ0) is 13.7. The maximum absolute atomic E-state index is 12.0. The number of rotatable bonds is 5. The highest BCUT2D eigenvalue weighted by Gasteiger charge is 2.10. The van der Waals surface area contributed by atoms with Crippen molar-refractivity contribution in [1.82, 2.24) is 0 Å². The van der Waals surface area contributed by atoms with Crippen molar-refractivity contribution in [3.63, 3.8) is 0 Å². The molecule has 0 aliphatic heterocycles. The Morgan fingerprint density at radius 1 is 1.05 bits per heavy atom. The van der Waals surface area contributed by atoms with E-state index in [0.29, 0.717) is 24.0 Å². The van der Waals surface area contributed by atoms with E-state index < -0.39 is 0 Å². The van der Waals surface area contributed by atoms with E-state index in [4.69, 9.17) is 0 Å². The molecule has 19 heavy (non-hydrogen) atoms. The lowest BCUT2D eigenvalue weighted by atomic mass is 9.99. The molecule has 0 aromatic heterocycles. The summed E-state index contributed by atoms with van der Waals surface area (Å²) in [7, 11) is 0. The lowest BCUT2D eigenvalue weighted by Gasteiger charge is -2.04. The number of carbonyl (C=O) groups excluding carboxylic acids is 2. The van der Waals surface area contributed by atoms with Crippen molar-refractivity contribution >= 4 is 12.1 Å². The van der Waals surface area contributed by atoms with Gasteiger partial charge in [-0.1, -0.05) is 36.4 Å². The van der Waals surface area contributed by atoms with Gasteiger partial charge in [-0.25, -0.2) is 0 Å². The van der Waals surface area contributed by atoms with Gasteiger partial charge in [-0.05, 0) is 24.1 Å². The van der Waals surface area contributed by atoms with E-state index in [-0.39, 0.29) is 11.5 Å². The average molecular weight is 253 g/mol. The molecule has 2 rings (SSSR count). The molecule has 0 bridgehead atoms. The number of hydrogen-bond donors (Lipinski definition) is 1. The Kier molecular flexibility index (Phi) is 4.08. The zero-order valence-corrected chi connectivity index (χ0v) is 10.3. The summed E-state index contributed by atoms with van der Waals surface area (Å²) in [6, 6.07) is 13.4. The molecular weight excluding hydrogens is 240 g/mol. The van der Waals surface area contributed by atoms with Crippen LogP contribution in [-0.2, 0) is 11.2 Å². The number of ketones is 1. The van der Waals surface area contributed by atoms with Crippen molar-refractivity contribution in [3.05, 3.63) is 65.2 Å². The number of aryl methyl sites for hydroxylation is 1. The molecule has 95 valence electrons. The summed E-state index contributed by atoms with van der Waals surface area (Å²) < 4.78 is 0. The van der Waals surface area contributed by atoms with Crippen molar-refractivity contribution in [3.8, 4) is 5.75 Å². The van der Waals surface area contributed by atoms with Crippen LogP contribution in [0.25, 0.3) is 0 Å². The fraction of sp³-hybridized carbons (Fsp3) is 0.125. The van der Waals surface area contributed by atoms with Crippen LogP contribution in [0.3, 0.4) is 0 Å². The number of Topliss-reactive ketones (excluding diaryl/α,β-unsaturated/α-hetero) is 1. The first kappa shape index (κ1) is 13.0. The molecule has 0 heterocycles. The van der Waals surface area contributed by atoms with E-state index in [9.17, 15) is 14.7 Å². The molecule has 0 saturated heterocycles. The van der Waals surface area contributed by atoms with Crippen LogP contribution in [0.4, 0.5) is 0 Å². The fourth-order valence-corrected chi connectivity index (χ4v) is 1.87. The van der Waals surface area contributed by atoms with Crippen molar-refractivity contribution < 1.29 is 14.7 Å². The van der Waals surface area contributed by atoms with Crippen LogP contribution < -0.4 is 0 Å². The molecule has 1 radical (unpaired) electrons. The average Bonchev–Trinajstić information content (AvgIpc) is 2.46. The van der Waals surface area contributed by atoms with Gasteiger partial charge in [0.2, 0.25) is 6.29 Å². The Bertz CT molecular complexity index is 585. The summed E-state index contributed by atoms with van der Waals surface area (Å²) in [6.45, 7) is 0. The third-order valence-electron chi connectivity index (χ3n) is 2.91. The Hall–Kier alpha value is -2.42. The van der Waals surface area contributed by atoms with Gasteiger partial charge in [0.25, 0.3) is 0 Å². The number of hydrogen-bond acceptors (Lipinski definition) is 3. The molecule has 3 heteroatoms. The first-order chi connectivity index (χ1) is 9.20. The molecule has 0 amide bonds. The van der Waals surface area contributed by atoms with Crippen LogP contribution in [0.15, 0.2) is 48.5 Å². The van der Waals surface area contributed by atoms with Crippen LogP contribution in [0.5, 0.6) is 5.75 Å². The highest BCUT2D eigenvalue weighted by atomic mass is 16.3. The molecule has 0 atom stereocenters. The first-order valence-electron chi connectivity index (χ1n) is 5.99. The zero-order valence-electron chi connectivity index (χ0n) is 10.3. The number of aromatic hydroxyl groups is 1. The molecule has 0 aliphatic rings. The van der Waals surface area contributed by atoms with E-state index in [2.05, 4.69) is 0 Å². The summed E-state index contributed by atoms with van der Waals surface area (Å²) in [6.07, 6.45) is 2.68. The van der Waals surface area contributed by atoms with Gasteiger partial charge < -0.3 is 5.11 Å². The fourth-order valence-electron chi connectivity index (χ4n) is 1.87. The third kappa shape index (κ3) is 3.28. The van der Waals surface area contributed by atoms with Gasteiger partial charge in [0.1, 0.15) is 5.75 Å². The summed E-state index contributed by atoms with van der Waals surface area (Å²) in [5.74, 6) is 0.128. The van der Waals surface area contributed by atoms with Crippen LogP contribution in [0, 0.1) is 0 Å². The predicted molar refractivity (Wildman–Crippen MR) is 72.0 cm³/mol. The Morgan fingerprint density at radius 3 is 2.42 bits per heavy atom. The second kappa shape index (κ2) is 5.96. The van der Waals surface area contributed by atoms with Crippen LogP contribution >= 0.6 is 0 Å². The standard InChI is InChI=1S/C16H13O3/c17-11-13-3-1-2-4-15(13)16(19)10-7-12-5-8-14(18)9-6-12/h1-6,8-9,18H,7,10H2. The molecule has 0 saturated carbocycles. The number of phenols is 1. The molecule has 1 N–H and O–H groups in total. The van der Waals surface area contributed by atoms with E-state index in [0.717, 1.165) is 5.56 Å². The molecule has 0 unspecified atom stereocenters. The smallest absolute Gasteiger partial charge is 0.234 e. The van der Waals surface area contributed by atoms with Crippen molar-refractivity contribution in [2.24, 2.45) is 0 Å². The lowest BCUT2D eigenvalue weighted by molar-refractivity contribution is 0.0982. The van der Waals surface area contributed by atoms with E-state index >= 15 is 0 Å². The molecule has 2 aromatic rings. The molecular formula is C16H13O3. The minimum Gasteiger partial charge on any atom is -0.508 e. The molecule has 0 fully saturated rings. The third-order valence-corrected chi connectivity index (χ3v) is 2.91. The SMILES string of the molecule is O=[C]c1ccccc1C(=O)CCc1ccc(O)cc1. The summed E-state index contributed by atoms with van der Waals surface area (Å²) in [5, 5.41) is 9.17. The first-order valence-corrected chi connectivity index (χ1v) is 5.99. The maximum Gasteiger partial charge on any atom is 0.234 e. The Labute approximate surface area is 111 Å². The number of benzene rings is 2. The summed E-state index contributed by atoms with van der Waals surface area (Å²) >= 11 is 0. The van der Waals surface area contributed by atoms with Gasteiger partial charge in [0.05, 0.1) is 0 Å². The van der Waals surface area contributed by atoms with Gasteiger partial charge in [-0.15, -0.1) is 0 Å². The Balaban J connectivity index is 2.05. The lowest BCUT2D eigenvalue weighted by Crippen LogP contribution is -2.04. The highest BCUT2D eigenvalue weighted by Crippen LogP contribution is 2.14. The molecule has 0 aliphatic carbocycles. The number of phenolic OH excluding ortho intramolecular Hbond substituents is 1. The van der Waals surface area contributed by atoms with Gasteiger partial charge in [0.15, 0.2) is 5.78 Å². The second-order valence-corrected chi connectivity index (χ2v) is 4.24. The van der Waals surface area contributed by atoms with Crippen molar-refractivity contribution in [2.75, 3.05) is 0 Å². The predicted octanol–water partition coefficient (Wildman–Crippen LogP) is 2.67. The van der Waals surface area contributed by atoms with Gasteiger partial charge in [-0.3, -0.25) is 9.59 Å². The van der Waals surface area contributed by atoms with E-state index in [1.807, 2.05) is 0 Å². The molecule has 2 aromatic carbocycles. The summed E-state index contributed by atoms with van der Waals surface area (Å²) in [5.41, 5.74) is 1.69. The van der Waals surface area contributed by atoms with Gasteiger partial charge >= 0.3 is 0 Å². The molecule has 0 spiro atoms. The van der Waals surface area contributed by atoms with Gasteiger partial charge in [-0.2, -0.15) is 0 Å².